The van der Waals surface area contributed by atoms with Gasteiger partial charge in [-0.25, -0.2) is 9.56 Å². The molecule has 1 aliphatic rings. The first-order valence-electron chi connectivity index (χ1n) is 10.0. The van der Waals surface area contributed by atoms with Gasteiger partial charge in [-0.1, -0.05) is 17.9 Å². The number of ether oxygens (including phenoxy) is 1. The van der Waals surface area contributed by atoms with Gasteiger partial charge in [0.15, 0.2) is 12.4 Å². The lowest BCUT2D eigenvalue weighted by molar-refractivity contribution is -0.671. The van der Waals surface area contributed by atoms with Gasteiger partial charge < -0.3 is 41.7 Å². The Hall–Kier alpha value is -4.85. The number of nitrogens with one attached hydrogen (secondary N) is 1. The molecule has 0 fully saturated rings. The molecule has 2 atom stereocenters. The van der Waals surface area contributed by atoms with Crippen molar-refractivity contribution in [2.75, 3.05) is 0 Å². The van der Waals surface area contributed by atoms with Crippen molar-refractivity contribution in [2.24, 2.45) is 35.2 Å². The Bertz CT molecular complexity index is 1270. The van der Waals surface area contributed by atoms with Crippen LogP contribution in [0, 0.1) is 17.8 Å². The van der Waals surface area contributed by atoms with Gasteiger partial charge >= 0.3 is 5.96 Å². The molecule has 7 N–H and O–H groups in total. The van der Waals surface area contributed by atoms with E-state index in [9.17, 15) is 19.8 Å². The molecule has 174 valence electrons. The molecule has 0 radical (unpaired) electrons. The number of hydrogen-bond donors (Lipinski definition) is 4. The van der Waals surface area contributed by atoms with Crippen molar-refractivity contribution in [3.8, 4) is 23.0 Å². The first-order chi connectivity index (χ1) is 16.1. The first kappa shape index (κ1) is 23.8. The van der Waals surface area contributed by atoms with Gasteiger partial charge in [-0.15, -0.1) is 4.99 Å². The molecule has 11 heteroatoms. The van der Waals surface area contributed by atoms with Crippen LogP contribution in [0.25, 0.3) is 11.1 Å². The van der Waals surface area contributed by atoms with Crippen LogP contribution < -0.4 is 37.0 Å². The zero-order valence-corrected chi connectivity index (χ0v) is 18.1. The van der Waals surface area contributed by atoms with Gasteiger partial charge in [0.2, 0.25) is 0 Å². The second-order valence-electron chi connectivity index (χ2n) is 7.46. The number of hydrogen-bond acceptors (Lipinski definition) is 6. The maximum Gasteiger partial charge on any atom is 0.316 e. The number of aliphatic carboxylic acids is 2. The van der Waals surface area contributed by atoms with E-state index in [1.807, 2.05) is 42.2 Å². The van der Waals surface area contributed by atoms with E-state index in [0.717, 1.165) is 17.4 Å². The van der Waals surface area contributed by atoms with Crippen molar-refractivity contribution >= 4 is 29.5 Å². The zero-order valence-electron chi connectivity index (χ0n) is 18.1. The largest absolute Gasteiger partial charge is 0.550 e. The van der Waals surface area contributed by atoms with Gasteiger partial charge in [0, 0.05) is 35.2 Å². The number of guanidine groups is 2. The number of carboxylic acids is 2. The molecule has 2 heterocycles. The molecular formula is C23H22N6O5. The number of aryl methyl sites for hydroxylation is 1. The summed E-state index contributed by atoms with van der Waals surface area (Å²) in [5, 5.41) is 22.5. The number of carboxylic acid groups (broad SMARTS) is 2. The molecule has 1 aliphatic heterocycles. The van der Waals surface area contributed by atoms with Crippen molar-refractivity contribution in [1.82, 2.24) is 0 Å². The minimum Gasteiger partial charge on any atom is -0.550 e. The molecule has 1 aromatic carbocycles. The highest BCUT2D eigenvalue weighted by Crippen LogP contribution is 2.28. The molecule has 0 spiro atoms. The summed E-state index contributed by atoms with van der Waals surface area (Å²) in [6.45, 7) is 0. The van der Waals surface area contributed by atoms with Gasteiger partial charge in [0.1, 0.15) is 18.8 Å². The molecular weight excluding hydrogens is 440 g/mol. The second-order valence-corrected chi connectivity index (χ2v) is 7.46. The Kier molecular flexibility index (Phi) is 7.13. The van der Waals surface area contributed by atoms with Crippen LogP contribution >= 0.6 is 0 Å². The predicted molar refractivity (Wildman–Crippen MR) is 117 cm³/mol. The van der Waals surface area contributed by atoms with E-state index in [2.05, 4.69) is 21.8 Å². The smallest absolute Gasteiger partial charge is 0.316 e. The van der Waals surface area contributed by atoms with E-state index in [-0.39, 0.29) is 23.9 Å². The number of nitrogens with zero attached hydrogens (tertiary/aromatic N) is 2. The van der Waals surface area contributed by atoms with E-state index in [1.165, 1.54) is 0 Å². The summed E-state index contributed by atoms with van der Waals surface area (Å²) in [4.78, 5) is 29.2. The van der Waals surface area contributed by atoms with Crippen LogP contribution in [0.3, 0.4) is 0 Å². The second kappa shape index (κ2) is 10.2. The number of benzene rings is 1. The van der Waals surface area contributed by atoms with Crippen molar-refractivity contribution in [2.45, 2.75) is 12.5 Å². The summed E-state index contributed by atoms with van der Waals surface area (Å²) >= 11 is 0. The van der Waals surface area contributed by atoms with E-state index >= 15 is 0 Å². The fraction of sp³-hybridized carbons (Fsp3) is 0.174. The van der Waals surface area contributed by atoms with Crippen LogP contribution in [0.15, 0.2) is 59.6 Å². The normalized spacial score (nSPS) is 17.4. The highest BCUT2D eigenvalue weighted by molar-refractivity contribution is 5.82. The highest BCUT2D eigenvalue weighted by atomic mass is 16.5. The van der Waals surface area contributed by atoms with Gasteiger partial charge in [0.25, 0.3) is 5.96 Å². The third kappa shape index (κ3) is 5.89. The standard InChI is InChI=1S/C23H22N6O5/c1-29-8-6-14(7-9-29)17-5-4-16(27-23(26)28-22(24)25)11-15(17)3-2-13-10-18(20(30)31)19(21(32)33)34-12-13/h4-9,11-12,18-19H,10H2,1H3,(H7,24,25,26,28,30,31,32,33)/t18-,19+/m1/s1. The lowest BCUT2D eigenvalue weighted by Crippen LogP contribution is -2.84. The van der Waals surface area contributed by atoms with Crippen LogP contribution in [0.5, 0.6) is 0 Å². The number of carbonyl (C=O) groups is 2. The number of nitrogens with two attached hydrogens (primary N) is 3. The topological polar surface area (TPSA) is 198 Å². The van der Waals surface area contributed by atoms with E-state index < -0.39 is 24.0 Å². The van der Waals surface area contributed by atoms with Gasteiger partial charge in [0.05, 0.1) is 12.2 Å². The van der Waals surface area contributed by atoms with E-state index in [4.69, 9.17) is 21.9 Å². The number of carbonyl (C=O) groups excluding carboxylic acids is 2. The number of allylic oxidation sites excluding steroid dienone is 1. The molecule has 0 bridgehead atoms. The molecule has 34 heavy (non-hydrogen) atoms. The summed E-state index contributed by atoms with van der Waals surface area (Å²) < 4.78 is 6.91. The Balaban J connectivity index is 2.03. The molecule has 0 saturated carbocycles. The predicted octanol–water partition coefficient (Wildman–Crippen LogP) is -4.38. The van der Waals surface area contributed by atoms with Crippen LogP contribution in [0.4, 0.5) is 5.69 Å². The Labute approximate surface area is 194 Å². The maximum absolute atomic E-state index is 11.4. The number of aliphatic imine (C=N–C) groups is 1. The third-order valence-corrected chi connectivity index (χ3v) is 4.87. The molecule has 0 unspecified atom stereocenters. The van der Waals surface area contributed by atoms with E-state index in [1.54, 1.807) is 12.1 Å². The molecule has 1 aromatic heterocycles. The van der Waals surface area contributed by atoms with Gasteiger partial charge in [-0.2, -0.15) is 0 Å². The fourth-order valence-corrected chi connectivity index (χ4v) is 3.25. The minimum absolute atomic E-state index is 0.0214. The molecule has 0 saturated heterocycles. The fourth-order valence-electron chi connectivity index (χ4n) is 3.25. The summed E-state index contributed by atoms with van der Waals surface area (Å²) in [5.74, 6) is 1.09. The maximum atomic E-state index is 11.4. The average molecular weight is 462 g/mol. The number of pyridine rings is 1. The summed E-state index contributed by atoms with van der Waals surface area (Å²) in [7, 11) is 1.89. The zero-order chi connectivity index (χ0) is 24.8. The molecule has 3 rings (SSSR count). The van der Waals surface area contributed by atoms with Crippen molar-refractivity contribution < 1.29 is 34.1 Å². The highest BCUT2D eigenvalue weighted by Gasteiger charge is 2.29. The van der Waals surface area contributed by atoms with Gasteiger partial charge in [-0.3, -0.25) is 0 Å². The summed E-state index contributed by atoms with van der Waals surface area (Å²) in [6.07, 6.45) is 3.06. The summed E-state index contributed by atoms with van der Waals surface area (Å²) in [5.41, 5.74) is 19.5. The number of rotatable bonds is 4. The quantitative estimate of drug-likeness (QED) is 0.151. The SMILES string of the molecule is C[n+]1ccc(-c2ccc(N=C(N)[NH+]=C(N)N)cc2C#CC2=CO[C@H](C(=O)[O-])[C@H](C(=O)[O-])C2)cc1. The van der Waals surface area contributed by atoms with E-state index in [0.29, 0.717) is 11.3 Å². The van der Waals surface area contributed by atoms with Crippen molar-refractivity contribution in [1.29, 1.82) is 0 Å². The average Bonchev–Trinajstić information content (AvgIpc) is 2.77. The summed E-state index contributed by atoms with van der Waals surface area (Å²) in [6, 6.07) is 9.03. The molecule has 11 nitrogen and oxygen atoms in total. The lowest BCUT2D eigenvalue weighted by Gasteiger charge is -2.31. The first-order valence-corrected chi connectivity index (χ1v) is 10.0. The molecule has 0 aliphatic carbocycles. The van der Waals surface area contributed by atoms with Crippen LogP contribution in [-0.4, -0.2) is 30.0 Å². The monoisotopic (exact) mass is 462 g/mol. The van der Waals surface area contributed by atoms with Crippen LogP contribution in [0.1, 0.15) is 12.0 Å². The Morgan fingerprint density at radius 1 is 1.12 bits per heavy atom. The Morgan fingerprint density at radius 2 is 1.82 bits per heavy atom. The Morgan fingerprint density at radius 3 is 2.44 bits per heavy atom. The van der Waals surface area contributed by atoms with Crippen LogP contribution in [-0.2, 0) is 21.4 Å². The van der Waals surface area contributed by atoms with Crippen LogP contribution in [0.2, 0.25) is 0 Å². The molecule has 2 aromatic rings. The van der Waals surface area contributed by atoms with Gasteiger partial charge in [-0.05, 0) is 29.7 Å². The van der Waals surface area contributed by atoms with Crippen molar-refractivity contribution in [3.63, 3.8) is 0 Å². The van der Waals surface area contributed by atoms with Crippen molar-refractivity contribution in [3.05, 3.63) is 60.1 Å². The minimum atomic E-state index is -1.64. The lowest BCUT2D eigenvalue weighted by atomic mass is 9.92. The third-order valence-electron chi connectivity index (χ3n) is 4.87. The molecule has 0 amide bonds. The number of aromatic nitrogens is 1.